The Morgan fingerprint density at radius 1 is 1.19 bits per heavy atom. The third kappa shape index (κ3) is 3.59. The maximum atomic E-state index is 13.1. The van der Waals surface area contributed by atoms with Crippen LogP contribution in [0.4, 0.5) is 5.69 Å². The number of anilines is 1. The topological polar surface area (TPSA) is 71.8 Å². The van der Waals surface area contributed by atoms with Crippen LogP contribution >= 0.6 is 27.7 Å². The summed E-state index contributed by atoms with van der Waals surface area (Å²) in [6.45, 7) is 3.88. The fourth-order valence-electron chi connectivity index (χ4n) is 3.01. The largest absolute Gasteiger partial charge is 0.325 e. The van der Waals surface area contributed by atoms with Crippen LogP contribution in [0.1, 0.15) is 23.0 Å². The summed E-state index contributed by atoms with van der Waals surface area (Å²) in [5.41, 5.74) is 6.28. The van der Waals surface area contributed by atoms with Crippen LogP contribution in [0.25, 0.3) is 0 Å². The molecule has 1 aliphatic heterocycles. The van der Waals surface area contributed by atoms with Gasteiger partial charge in [-0.25, -0.2) is 4.68 Å². The van der Waals surface area contributed by atoms with Crippen LogP contribution in [-0.4, -0.2) is 26.0 Å². The molecule has 1 aromatic heterocycles. The summed E-state index contributed by atoms with van der Waals surface area (Å²) >= 11 is 4.91. The predicted octanol–water partition coefficient (Wildman–Crippen LogP) is 4.06. The second-order valence-corrected chi connectivity index (χ2v) is 8.34. The molecule has 0 bridgehead atoms. The number of carbonyl (C=O) groups is 1. The molecule has 27 heavy (non-hydrogen) atoms. The molecular formula is C19H18BrN5OS. The second-order valence-electron chi connectivity index (χ2n) is 6.37. The van der Waals surface area contributed by atoms with Crippen LogP contribution in [-0.2, 0) is 4.79 Å². The number of thioether (sulfide) groups is 1. The van der Waals surface area contributed by atoms with E-state index in [0.717, 1.165) is 27.1 Å². The second kappa shape index (κ2) is 7.36. The third-order valence-electron chi connectivity index (χ3n) is 4.44. The van der Waals surface area contributed by atoms with Crippen molar-refractivity contribution in [2.75, 3.05) is 10.7 Å². The minimum absolute atomic E-state index is 0.0741. The van der Waals surface area contributed by atoms with Crippen molar-refractivity contribution in [3.63, 3.8) is 0 Å². The minimum atomic E-state index is -0.382. The van der Waals surface area contributed by atoms with Gasteiger partial charge in [0.05, 0.1) is 6.04 Å². The lowest BCUT2D eigenvalue weighted by Crippen LogP contribution is -2.41. The first-order valence-corrected chi connectivity index (χ1v) is 10.2. The molecule has 2 aromatic carbocycles. The van der Waals surface area contributed by atoms with E-state index < -0.39 is 0 Å². The van der Waals surface area contributed by atoms with Crippen LogP contribution in [0.15, 0.2) is 58.2 Å². The summed E-state index contributed by atoms with van der Waals surface area (Å²) in [4.78, 5) is 13.1. The number of carbonyl (C=O) groups excluding carboxylic acids is 1. The van der Waals surface area contributed by atoms with E-state index in [4.69, 9.17) is 0 Å². The Kier molecular flexibility index (Phi) is 4.92. The lowest BCUT2D eigenvalue weighted by Gasteiger charge is -2.32. The highest BCUT2D eigenvalue weighted by Gasteiger charge is 2.37. The first-order chi connectivity index (χ1) is 13.0. The van der Waals surface area contributed by atoms with Crippen molar-refractivity contribution in [2.45, 2.75) is 30.3 Å². The van der Waals surface area contributed by atoms with E-state index in [9.17, 15) is 4.79 Å². The molecule has 0 saturated heterocycles. The lowest BCUT2D eigenvalue weighted by molar-refractivity contribution is -0.116. The highest BCUT2D eigenvalue weighted by Crippen LogP contribution is 2.37. The molecule has 0 saturated carbocycles. The van der Waals surface area contributed by atoms with Crippen molar-refractivity contribution in [1.29, 1.82) is 0 Å². The average molecular weight is 444 g/mol. The van der Waals surface area contributed by atoms with Crippen molar-refractivity contribution in [1.82, 2.24) is 14.9 Å². The van der Waals surface area contributed by atoms with Crippen molar-refractivity contribution >= 4 is 39.3 Å². The number of amides is 1. The van der Waals surface area contributed by atoms with Crippen molar-refractivity contribution < 1.29 is 4.79 Å². The van der Waals surface area contributed by atoms with Gasteiger partial charge in [-0.15, -0.1) is 10.2 Å². The fourth-order valence-corrected chi connectivity index (χ4v) is 4.38. The number of nitrogens with one attached hydrogen (secondary N) is 2. The quantitative estimate of drug-likeness (QED) is 0.638. The van der Waals surface area contributed by atoms with Crippen LogP contribution < -0.4 is 10.7 Å². The van der Waals surface area contributed by atoms with Crippen molar-refractivity contribution in [3.8, 4) is 0 Å². The van der Waals surface area contributed by atoms with E-state index in [2.05, 4.69) is 36.9 Å². The summed E-state index contributed by atoms with van der Waals surface area (Å²) in [6.07, 6.45) is 0. The standard InChI is InChI=1S/C19H18BrN5OS/c1-11-10-14(8-9-15(11)20)21-18(26)17-16(13-6-4-3-5-7-13)24-25-12(2)22-23-19(25)27-17/h3-10,16-17,24H,1-2H3,(H,21,26)/t16-,17+/m0/s1. The van der Waals surface area contributed by atoms with E-state index in [1.165, 1.54) is 11.8 Å². The number of fused-ring (bicyclic) bond motifs is 1. The molecule has 4 rings (SSSR count). The van der Waals surface area contributed by atoms with E-state index >= 15 is 0 Å². The maximum Gasteiger partial charge on any atom is 0.240 e. The Hall–Kier alpha value is -2.32. The van der Waals surface area contributed by atoms with Crippen LogP contribution in [0.2, 0.25) is 0 Å². The zero-order valence-electron chi connectivity index (χ0n) is 14.8. The number of nitrogens with zero attached hydrogens (tertiary/aromatic N) is 3. The Morgan fingerprint density at radius 2 is 1.96 bits per heavy atom. The molecule has 1 amide bonds. The molecular weight excluding hydrogens is 426 g/mol. The number of halogens is 1. The first kappa shape index (κ1) is 18.1. The van der Waals surface area contributed by atoms with Gasteiger partial charge in [0.15, 0.2) is 0 Å². The molecule has 0 spiro atoms. The average Bonchev–Trinajstić information content (AvgIpc) is 3.04. The summed E-state index contributed by atoms with van der Waals surface area (Å²) in [6, 6.07) is 15.5. The number of aryl methyl sites for hydroxylation is 2. The number of hydrogen-bond donors (Lipinski definition) is 2. The van der Waals surface area contributed by atoms with Gasteiger partial charge in [-0.3, -0.25) is 4.79 Å². The highest BCUT2D eigenvalue weighted by molar-refractivity contribution is 9.10. The fraction of sp³-hybridized carbons (Fsp3) is 0.211. The van der Waals surface area contributed by atoms with Crippen LogP contribution in [0, 0.1) is 13.8 Å². The summed E-state index contributed by atoms with van der Waals surface area (Å²) in [5.74, 6) is 0.691. The van der Waals surface area contributed by atoms with Crippen LogP contribution in [0.5, 0.6) is 0 Å². The predicted molar refractivity (Wildman–Crippen MR) is 110 cm³/mol. The molecule has 2 atom stereocenters. The monoisotopic (exact) mass is 443 g/mol. The van der Waals surface area contributed by atoms with Gasteiger partial charge >= 0.3 is 0 Å². The zero-order valence-corrected chi connectivity index (χ0v) is 17.2. The van der Waals surface area contributed by atoms with Gasteiger partial charge in [0.25, 0.3) is 0 Å². The van der Waals surface area contributed by atoms with E-state index in [0.29, 0.717) is 5.16 Å². The van der Waals surface area contributed by atoms with Gasteiger partial charge in [-0.1, -0.05) is 58.0 Å². The van der Waals surface area contributed by atoms with Gasteiger partial charge in [-0.05, 0) is 43.2 Å². The zero-order chi connectivity index (χ0) is 19.0. The van der Waals surface area contributed by atoms with Gasteiger partial charge in [-0.2, -0.15) is 0 Å². The van der Waals surface area contributed by atoms with Gasteiger partial charge < -0.3 is 10.7 Å². The summed E-state index contributed by atoms with van der Waals surface area (Å²) in [5, 5.41) is 11.6. The maximum absolute atomic E-state index is 13.1. The molecule has 0 unspecified atom stereocenters. The molecule has 2 heterocycles. The normalized spacial score (nSPS) is 18.5. The molecule has 2 N–H and O–H groups in total. The molecule has 6 nitrogen and oxygen atoms in total. The number of aromatic nitrogens is 3. The minimum Gasteiger partial charge on any atom is -0.325 e. The van der Waals surface area contributed by atoms with E-state index in [1.807, 2.05) is 67.1 Å². The van der Waals surface area contributed by atoms with Crippen LogP contribution in [0.3, 0.4) is 0 Å². The van der Waals surface area contributed by atoms with Crippen molar-refractivity contribution in [3.05, 3.63) is 70.0 Å². The van der Waals surface area contributed by atoms with Gasteiger partial charge in [0.2, 0.25) is 11.1 Å². The molecule has 0 aliphatic carbocycles. The molecule has 1 aliphatic rings. The first-order valence-electron chi connectivity index (χ1n) is 8.50. The van der Waals surface area contributed by atoms with E-state index in [1.54, 1.807) is 0 Å². The molecule has 0 fully saturated rings. The van der Waals surface area contributed by atoms with E-state index in [-0.39, 0.29) is 17.2 Å². The summed E-state index contributed by atoms with van der Waals surface area (Å²) in [7, 11) is 0. The highest BCUT2D eigenvalue weighted by atomic mass is 79.9. The SMILES string of the molecule is Cc1cc(NC(=O)[C@@H]2Sc3nnc(C)n3N[C@H]2c2ccccc2)ccc1Br. The van der Waals surface area contributed by atoms with Gasteiger partial charge in [0.1, 0.15) is 11.1 Å². The Balaban J connectivity index is 1.65. The Labute approximate surface area is 169 Å². The molecule has 3 aromatic rings. The number of hydrogen-bond acceptors (Lipinski definition) is 5. The third-order valence-corrected chi connectivity index (χ3v) is 6.55. The molecule has 8 heteroatoms. The molecule has 0 radical (unpaired) electrons. The Bertz CT molecular complexity index is 991. The van der Waals surface area contributed by atoms with Gasteiger partial charge in [0, 0.05) is 10.2 Å². The smallest absolute Gasteiger partial charge is 0.240 e. The molecule has 138 valence electrons. The number of benzene rings is 2. The lowest BCUT2D eigenvalue weighted by atomic mass is 10.0. The van der Waals surface area contributed by atoms with Crippen molar-refractivity contribution in [2.24, 2.45) is 0 Å². The Morgan fingerprint density at radius 3 is 2.70 bits per heavy atom. The summed E-state index contributed by atoms with van der Waals surface area (Å²) < 4.78 is 2.86. The number of rotatable bonds is 3.